The lowest BCUT2D eigenvalue weighted by atomic mass is 10.1. The predicted molar refractivity (Wildman–Crippen MR) is 96.2 cm³/mol. The minimum atomic E-state index is -0.862. The summed E-state index contributed by atoms with van der Waals surface area (Å²) in [7, 11) is 0. The number of carbonyl (C=O) groups is 1. The van der Waals surface area contributed by atoms with E-state index >= 15 is 0 Å². The predicted octanol–water partition coefficient (Wildman–Crippen LogP) is 0.327. The number of hydrogen-bond acceptors (Lipinski definition) is 4. The second-order valence-electron chi connectivity index (χ2n) is 5.85. The minimum Gasteiger partial charge on any atom is -0.365 e. The molecule has 2 atom stereocenters. The van der Waals surface area contributed by atoms with Gasteiger partial charge in [0.2, 0.25) is 5.91 Å². The number of carbonyl (C=O) groups excluding carboxylic acids is 1. The van der Waals surface area contributed by atoms with Crippen LogP contribution in [0, 0.1) is 10.1 Å². The maximum Gasteiger partial charge on any atom is 0.266 e. The van der Waals surface area contributed by atoms with Crippen LogP contribution < -0.4 is 22.1 Å². The first-order valence-electron chi connectivity index (χ1n) is 8.20. The van der Waals surface area contributed by atoms with Gasteiger partial charge in [-0.25, -0.2) is 10.1 Å². The van der Waals surface area contributed by atoms with E-state index in [1.54, 1.807) is 0 Å². The molecule has 9 heteroatoms. The summed E-state index contributed by atoms with van der Waals surface area (Å²) in [5.74, 6) is -0.410. The van der Waals surface area contributed by atoms with E-state index in [1.807, 2.05) is 37.3 Å². The van der Waals surface area contributed by atoms with Gasteiger partial charge >= 0.3 is 0 Å². The molecule has 1 amide bonds. The number of nitrogens with zero attached hydrogens (tertiary/aromatic N) is 2. The van der Waals surface area contributed by atoms with E-state index in [1.165, 1.54) is 0 Å². The summed E-state index contributed by atoms with van der Waals surface area (Å²) in [5.41, 5.74) is 12.3. The maximum atomic E-state index is 12.1. The zero-order valence-electron chi connectivity index (χ0n) is 14.4. The standard InChI is InChI=1S/C16H26N6O3/c1-12(11-13-7-3-2-4-8-13)20-15(23)14(17)9-5-6-10-19-16(18)21-22(24)25/h2-4,7-8,12,14H,5-6,9-11,17H2,1H3,(H,20,23)(H3,18,19,21). The molecule has 0 fully saturated rings. The number of nitrogens with two attached hydrogens (primary N) is 2. The van der Waals surface area contributed by atoms with E-state index in [2.05, 4.69) is 15.7 Å². The summed E-state index contributed by atoms with van der Waals surface area (Å²) in [6.45, 7) is 2.38. The number of unbranched alkanes of at least 4 members (excludes halogenated alkanes) is 1. The number of guanidine groups is 1. The molecular formula is C16H26N6O3. The topological polar surface area (TPSA) is 149 Å². The monoisotopic (exact) mass is 350 g/mol. The molecule has 0 saturated heterocycles. The van der Waals surface area contributed by atoms with Crippen LogP contribution in [0.5, 0.6) is 0 Å². The number of hydrogen-bond donors (Lipinski definition) is 4. The quantitative estimate of drug-likeness (QED) is 0.157. The van der Waals surface area contributed by atoms with Crippen LogP contribution in [-0.4, -0.2) is 35.5 Å². The van der Waals surface area contributed by atoms with Gasteiger partial charge in [-0.15, -0.1) is 0 Å². The van der Waals surface area contributed by atoms with E-state index in [4.69, 9.17) is 11.5 Å². The van der Waals surface area contributed by atoms with Crippen molar-refractivity contribution in [1.82, 2.24) is 10.6 Å². The smallest absolute Gasteiger partial charge is 0.266 e. The van der Waals surface area contributed by atoms with Crippen molar-refractivity contribution >= 4 is 11.9 Å². The Bertz CT molecular complexity index is 578. The molecule has 0 aliphatic heterocycles. The molecule has 0 heterocycles. The highest BCUT2D eigenvalue weighted by molar-refractivity contribution is 5.81. The van der Waals surface area contributed by atoms with E-state index in [9.17, 15) is 14.9 Å². The number of amides is 1. The van der Waals surface area contributed by atoms with Crippen molar-refractivity contribution in [1.29, 1.82) is 0 Å². The molecule has 0 bridgehead atoms. The van der Waals surface area contributed by atoms with Crippen molar-refractivity contribution < 1.29 is 9.83 Å². The third kappa shape index (κ3) is 9.26. The van der Waals surface area contributed by atoms with Gasteiger partial charge in [-0.3, -0.25) is 4.79 Å². The van der Waals surface area contributed by atoms with Gasteiger partial charge in [0, 0.05) is 12.6 Å². The Kier molecular flexibility index (Phi) is 8.94. The number of rotatable bonds is 10. The van der Waals surface area contributed by atoms with Crippen molar-refractivity contribution in [2.45, 2.75) is 44.7 Å². The van der Waals surface area contributed by atoms with Crippen LogP contribution in [-0.2, 0) is 11.2 Å². The first-order chi connectivity index (χ1) is 11.9. The van der Waals surface area contributed by atoms with Gasteiger partial charge < -0.3 is 22.1 Å². The normalized spacial score (nSPS) is 13.8. The van der Waals surface area contributed by atoms with Gasteiger partial charge in [-0.2, -0.15) is 0 Å². The molecule has 25 heavy (non-hydrogen) atoms. The van der Waals surface area contributed by atoms with Crippen molar-refractivity contribution in [3.05, 3.63) is 46.0 Å². The zero-order valence-corrected chi connectivity index (χ0v) is 14.4. The SMILES string of the molecule is CC(Cc1ccccc1)NC(=O)C(N)CCCCN/C(N)=N\[N+](=O)[O-]. The lowest BCUT2D eigenvalue weighted by Crippen LogP contribution is -2.45. The number of nitrogens with one attached hydrogen (secondary N) is 2. The van der Waals surface area contributed by atoms with Gasteiger partial charge in [0.1, 0.15) is 5.10 Å². The molecule has 0 radical (unpaired) electrons. The highest BCUT2D eigenvalue weighted by Crippen LogP contribution is 2.04. The third-order valence-corrected chi connectivity index (χ3v) is 3.55. The van der Waals surface area contributed by atoms with Crippen LogP contribution in [0.4, 0.5) is 0 Å². The Morgan fingerprint density at radius 1 is 1.32 bits per heavy atom. The lowest BCUT2D eigenvalue weighted by Gasteiger charge is -2.17. The van der Waals surface area contributed by atoms with Crippen LogP contribution in [0.25, 0.3) is 0 Å². The molecule has 9 nitrogen and oxygen atoms in total. The molecule has 1 aromatic carbocycles. The molecule has 1 rings (SSSR count). The van der Waals surface area contributed by atoms with Crippen LogP contribution in [0.1, 0.15) is 31.7 Å². The fourth-order valence-corrected chi connectivity index (χ4v) is 2.33. The number of nitro groups is 1. The summed E-state index contributed by atoms with van der Waals surface area (Å²) in [6, 6.07) is 9.34. The molecule has 1 aromatic rings. The van der Waals surface area contributed by atoms with Gasteiger partial charge in [-0.1, -0.05) is 30.3 Å². The summed E-state index contributed by atoms with van der Waals surface area (Å²) >= 11 is 0. The maximum absolute atomic E-state index is 12.1. The Hall–Kier alpha value is -2.68. The molecule has 0 saturated carbocycles. The first kappa shape index (κ1) is 20.4. The van der Waals surface area contributed by atoms with E-state index < -0.39 is 11.1 Å². The van der Waals surface area contributed by atoms with Crippen LogP contribution in [0.15, 0.2) is 35.4 Å². The average Bonchev–Trinajstić information content (AvgIpc) is 2.54. The van der Waals surface area contributed by atoms with Crippen LogP contribution in [0.3, 0.4) is 0 Å². The Morgan fingerprint density at radius 2 is 2.00 bits per heavy atom. The van der Waals surface area contributed by atoms with Gasteiger partial charge in [-0.05, 0) is 38.2 Å². The first-order valence-corrected chi connectivity index (χ1v) is 8.20. The average molecular weight is 350 g/mol. The Labute approximate surface area is 147 Å². The highest BCUT2D eigenvalue weighted by atomic mass is 16.7. The molecule has 0 aromatic heterocycles. The van der Waals surface area contributed by atoms with Crippen LogP contribution in [0.2, 0.25) is 0 Å². The molecule has 0 spiro atoms. The lowest BCUT2D eigenvalue weighted by molar-refractivity contribution is -0.485. The number of benzene rings is 1. The summed E-state index contributed by atoms with van der Waals surface area (Å²) in [6.07, 6.45) is 2.64. The zero-order chi connectivity index (χ0) is 18.7. The minimum absolute atomic E-state index is 0.000699. The third-order valence-electron chi connectivity index (χ3n) is 3.55. The Morgan fingerprint density at radius 3 is 2.64 bits per heavy atom. The molecule has 6 N–H and O–H groups in total. The largest absolute Gasteiger partial charge is 0.365 e. The van der Waals surface area contributed by atoms with Crippen LogP contribution >= 0.6 is 0 Å². The fourth-order valence-electron chi connectivity index (χ4n) is 2.33. The summed E-state index contributed by atoms with van der Waals surface area (Å²) in [5, 5.41) is 17.7. The fraction of sp³-hybridized carbons (Fsp3) is 0.500. The highest BCUT2D eigenvalue weighted by Gasteiger charge is 2.15. The molecule has 0 aliphatic rings. The molecule has 138 valence electrons. The summed E-state index contributed by atoms with van der Waals surface area (Å²) in [4.78, 5) is 22.2. The van der Waals surface area contributed by atoms with Gasteiger partial charge in [0.05, 0.1) is 6.04 Å². The van der Waals surface area contributed by atoms with E-state index in [0.29, 0.717) is 25.8 Å². The molecule has 0 aliphatic carbocycles. The molecular weight excluding hydrogens is 324 g/mol. The van der Waals surface area contributed by atoms with Crippen molar-refractivity contribution in [2.24, 2.45) is 16.6 Å². The van der Waals surface area contributed by atoms with E-state index in [0.717, 1.165) is 12.0 Å². The molecule has 2 unspecified atom stereocenters. The van der Waals surface area contributed by atoms with Gasteiger partial charge in [0.25, 0.3) is 5.96 Å². The van der Waals surface area contributed by atoms with E-state index in [-0.39, 0.29) is 17.9 Å². The van der Waals surface area contributed by atoms with Gasteiger partial charge in [0.15, 0.2) is 5.03 Å². The second kappa shape index (κ2) is 11.0. The van der Waals surface area contributed by atoms with Crippen molar-refractivity contribution in [3.63, 3.8) is 0 Å². The summed E-state index contributed by atoms with van der Waals surface area (Å²) < 4.78 is 0. The number of hydrazone groups is 1. The Balaban J connectivity index is 2.20. The van der Waals surface area contributed by atoms with Crippen molar-refractivity contribution in [3.8, 4) is 0 Å². The van der Waals surface area contributed by atoms with Crippen molar-refractivity contribution in [2.75, 3.05) is 6.54 Å². The second-order valence-corrected chi connectivity index (χ2v) is 5.85.